The van der Waals surface area contributed by atoms with Crippen molar-refractivity contribution >= 4 is 21.9 Å². The molecule has 2 aromatic rings. The van der Waals surface area contributed by atoms with E-state index in [-0.39, 0.29) is 6.54 Å². The van der Waals surface area contributed by atoms with Crippen LogP contribution in [0.4, 0.5) is 4.39 Å². The van der Waals surface area contributed by atoms with Crippen molar-refractivity contribution in [1.29, 1.82) is 0 Å². The van der Waals surface area contributed by atoms with E-state index in [1.807, 2.05) is 0 Å². The quantitative estimate of drug-likeness (QED) is 0.459. The van der Waals surface area contributed by atoms with Crippen molar-refractivity contribution in [2.75, 3.05) is 14.2 Å². The molecule has 0 bridgehead atoms. The molecule has 2 N–H and O–H groups in total. The van der Waals surface area contributed by atoms with Gasteiger partial charge in [0.05, 0.1) is 14.2 Å². The zero-order chi connectivity index (χ0) is 25.5. The molecular formula is C23H29FN2O7S. The molecule has 186 valence electrons. The fraction of sp³-hybridized carbons (Fsp3) is 0.391. The maximum Gasteiger partial charge on any atom is 0.325 e. The van der Waals surface area contributed by atoms with Crippen LogP contribution in [-0.4, -0.2) is 46.7 Å². The number of benzene rings is 2. The summed E-state index contributed by atoms with van der Waals surface area (Å²) < 4.78 is 56.9. The predicted octanol–water partition coefficient (Wildman–Crippen LogP) is 2.39. The molecule has 2 atom stereocenters. The highest BCUT2D eigenvalue weighted by molar-refractivity contribution is 7.89. The van der Waals surface area contributed by atoms with Crippen molar-refractivity contribution in [2.45, 2.75) is 44.4 Å². The standard InChI is InChI=1S/C23H29FN2O7S/c1-14(2)21(26-34(29,30)20-9-7-6-8-17(20)24)23(28)33-15(3)22(27)25-13-16-10-11-18(31-4)19(12-16)32-5/h6-12,14-15,21,26H,13H2,1-5H3,(H,25,27)/t15?,21-/m0/s1. The van der Waals surface area contributed by atoms with Crippen LogP contribution in [0.5, 0.6) is 11.5 Å². The van der Waals surface area contributed by atoms with Crippen LogP contribution in [0.1, 0.15) is 26.3 Å². The number of nitrogens with one attached hydrogen (secondary N) is 2. The fourth-order valence-corrected chi connectivity index (χ4v) is 4.39. The highest BCUT2D eigenvalue weighted by Crippen LogP contribution is 2.27. The Morgan fingerprint density at radius 3 is 2.24 bits per heavy atom. The third-order valence-electron chi connectivity index (χ3n) is 4.91. The Balaban J connectivity index is 2.02. The van der Waals surface area contributed by atoms with Crippen LogP contribution in [0.25, 0.3) is 0 Å². The molecule has 0 aliphatic rings. The molecule has 0 spiro atoms. The minimum Gasteiger partial charge on any atom is -0.493 e. The van der Waals surface area contributed by atoms with E-state index in [1.165, 1.54) is 33.3 Å². The molecule has 2 aromatic carbocycles. The lowest BCUT2D eigenvalue weighted by Gasteiger charge is -2.23. The molecule has 0 aromatic heterocycles. The lowest BCUT2D eigenvalue weighted by atomic mass is 10.1. The molecule has 0 aliphatic heterocycles. The van der Waals surface area contributed by atoms with Crippen LogP contribution in [0, 0.1) is 11.7 Å². The molecule has 0 aliphatic carbocycles. The summed E-state index contributed by atoms with van der Waals surface area (Å²) in [5, 5.41) is 2.64. The summed E-state index contributed by atoms with van der Waals surface area (Å²) in [6, 6.07) is 8.61. The summed E-state index contributed by atoms with van der Waals surface area (Å²) in [5.41, 5.74) is 0.724. The van der Waals surface area contributed by atoms with Gasteiger partial charge in [0.2, 0.25) is 10.0 Å². The number of amides is 1. The molecule has 0 saturated carbocycles. The Morgan fingerprint density at radius 2 is 1.65 bits per heavy atom. The van der Waals surface area contributed by atoms with Crippen LogP contribution in [0.15, 0.2) is 47.4 Å². The number of halogens is 1. The van der Waals surface area contributed by atoms with Gasteiger partial charge in [-0.15, -0.1) is 0 Å². The molecule has 1 amide bonds. The van der Waals surface area contributed by atoms with Gasteiger partial charge in [-0.25, -0.2) is 12.8 Å². The average molecular weight is 497 g/mol. The summed E-state index contributed by atoms with van der Waals surface area (Å²) in [6.45, 7) is 4.69. The Hall–Kier alpha value is -3.18. The highest BCUT2D eigenvalue weighted by atomic mass is 32.2. The van der Waals surface area contributed by atoms with Crippen LogP contribution in [0.2, 0.25) is 0 Å². The predicted molar refractivity (Wildman–Crippen MR) is 122 cm³/mol. The van der Waals surface area contributed by atoms with Gasteiger partial charge in [-0.1, -0.05) is 32.0 Å². The number of methoxy groups -OCH3 is 2. The van der Waals surface area contributed by atoms with Crippen molar-refractivity contribution < 1.29 is 36.6 Å². The van der Waals surface area contributed by atoms with E-state index in [0.29, 0.717) is 11.5 Å². The molecule has 0 heterocycles. The third kappa shape index (κ3) is 6.91. The second-order valence-electron chi connectivity index (χ2n) is 7.76. The molecule has 0 radical (unpaired) electrons. The van der Waals surface area contributed by atoms with E-state index < -0.39 is 50.7 Å². The fourth-order valence-electron chi connectivity index (χ4n) is 2.97. The zero-order valence-corrected chi connectivity index (χ0v) is 20.4. The number of carbonyl (C=O) groups excluding carboxylic acids is 2. The van der Waals surface area contributed by atoms with Gasteiger partial charge in [-0.2, -0.15) is 4.72 Å². The first-order valence-corrected chi connectivity index (χ1v) is 11.9. The van der Waals surface area contributed by atoms with Gasteiger partial charge >= 0.3 is 5.97 Å². The first-order chi connectivity index (χ1) is 16.0. The summed E-state index contributed by atoms with van der Waals surface area (Å²) in [5.74, 6) is -1.98. The van der Waals surface area contributed by atoms with Crippen molar-refractivity contribution in [2.24, 2.45) is 5.92 Å². The van der Waals surface area contributed by atoms with Crippen molar-refractivity contribution in [3.63, 3.8) is 0 Å². The van der Waals surface area contributed by atoms with Crippen molar-refractivity contribution in [3.8, 4) is 11.5 Å². The zero-order valence-electron chi connectivity index (χ0n) is 19.6. The van der Waals surface area contributed by atoms with Gasteiger partial charge in [-0.3, -0.25) is 9.59 Å². The van der Waals surface area contributed by atoms with Gasteiger partial charge in [0.25, 0.3) is 5.91 Å². The van der Waals surface area contributed by atoms with Crippen LogP contribution >= 0.6 is 0 Å². The first-order valence-electron chi connectivity index (χ1n) is 10.5. The summed E-state index contributed by atoms with van der Waals surface area (Å²) in [6.07, 6.45) is -1.20. The van der Waals surface area contributed by atoms with E-state index in [0.717, 1.165) is 17.7 Å². The smallest absolute Gasteiger partial charge is 0.325 e. The molecule has 9 nitrogen and oxygen atoms in total. The number of hydrogen-bond donors (Lipinski definition) is 2. The average Bonchev–Trinajstić information content (AvgIpc) is 2.80. The third-order valence-corrected chi connectivity index (χ3v) is 6.38. The summed E-state index contributed by atoms with van der Waals surface area (Å²) in [4.78, 5) is 24.5. The largest absolute Gasteiger partial charge is 0.493 e. The second-order valence-corrected chi connectivity index (χ2v) is 9.44. The van der Waals surface area contributed by atoms with E-state index >= 15 is 0 Å². The van der Waals surface area contributed by atoms with Crippen molar-refractivity contribution in [1.82, 2.24) is 10.0 Å². The van der Waals surface area contributed by atoms with E-state index in [4.69, 9.17) is 14.2 Å². The summed E-state index contributed by atoms with van der Waals surface area (Å²) >= 11 is 0. The maximum atomic E-state index is 14.0. The molecule has 1 unspecified atom stereocenters. The molecule has 0 fully saturated rings. The number of ether oxygens (including phenoxy) is 3. The van der Waals surface area contributed by atoms with Crippen molar-refractivity contribution in [3.05, 3.63) is 53.8 Å². The highest BCUT2D eigenvalue weighted by Gasteiger charge is 2.32. The lowest BCUT2D eigenvalue weighted by molar-refractivity contribution is -0.157. The maximum absolute atomic E-state index is 14.0. The van der Waals surface area contributed by atoms with Gasteiger partial charge in [0.15, 0.2) is 17.6 Å². The van der Waals surface area contributed by atoms with E-state index in [2.05, 4.69) is 10.0 Å². The Kier molecular flexibility index (Phi) is 9.39. The Labute approximate surface area is 198 Å². The first kappa shape index (κ1) is 27.1. The molecule has 0 saturated heterocycles. The number of sulfonamides is 1. The lowest BCUT2D eigenvalue weighted by Crippen LogP contribution is -2.47. The van der Waals surface area contributed by atoms with E-state index in [9.17, 15) is 22.4 Å². The number of esters is 1. The SMILES string of the molecule is COc1ccc(CNC(=O)C(C)OC(=O)[C@@H](NS(=O)(=O)c2ccccc2F)C(C)C)cc1OC. The van der Waals surface area contributed by atoms with Gasteiger partial charge < -0.3 is 19.5 Å². The van der Waals surface area contributed by atoms with Gasteiger partial charge in [0.1, 0.15) is 16.8 Å². The van der Waals surface area contributed by atoms with Gasteiger partial charge in [0, 0.05) is 6.54 Å². The molecular weight excluding hydrogens is 467 g/mol. The number of hydrogen-bond acceptors (Lipinski definition) is 7. The topological polar surface area (TPSA) is 120 Å². The Bertz CT molecular complexity index is 1120. The van der Waals surface area contributed by atoms with E-state index in [1.54, 1.807) is 32.0 Å². The Morgan fingerprint density at radius 1 is 1.00 bits per heavy atom. The molecule has 11 heteroatoms. The van der Waals surface area contributed by atoms with Crippen LogP contribution in [0.3, 0.4) is 0 Å². The summed E-state index contributed by atoms with van der Waals surface area (Å²) in [7, 11) is -1.34. The van der Waals surface area contributed by atoms with Crippen LogP contribution < -0.4 is 19.5 Å². The molecule has 34 heavy (non-hydrogen) atoms. The molecule has 2 rings (SSSR count). The minimum absolute atomic E-state index is 0.134. The number of carbonyl (C=O) groups is 2. The second kappa shape index (κ2) is 11.8. The van der Waals surface area contributed by atoms with Crippen LogP contribution in [-0.2, 0) is 30.9 Å². The number of rotatable bonds is 11. The normalized spacial score (nSPS) is 13.1. The monoisotopic (exact) mass is 496 g/mol. The van der Waals surface area contributed by atoms with Gasteiger partial charge in [-0.05, 0) is 42.7 Å². The minimum atomic E-state index is -4.34.